The van der Waals surface area contributed by atoms with Gasteiger partial charge in [0.1, 0.15) is 0 Å². The van der Waals surface area contributed by atoms with Gasteiger partial charge in [-0.05, 0) is 24.3 Å². The van der Waals surface area contributed by atoms with Gasteiger partial charge in [0.25, 0.3) is 0 Å². The lowest BCUT2D eigenvalue weighted by atomic mass is 10.1. The van der Waals surface area contributed by atoms with Crippen LogP contribution in [0, 0.1) is 0 Å². The molecule has 0 aliphatic carbocycles. The Hall–Kier alpha value is -0.860. The van der Waals surface area contributed by atoms with E-state index >= 15 is 0 Å². The first-order valence-corrected chi connectivity index (χ1v) is 5.31. The summed E-state index contributed by atoms with van der Waals surface area (Å²) in [5.41, 5.74) is 1.83. The van der Waals surface area contributed by atoms with Gasteiger partial charge in [-0.1, -0.05) is 39.7 Å². The molecule has 0 spiro atoms. The highest BCUT2D eigenvalue weighted by Gasteiger charge is 2.03. The highest BCUT2D eigenvalue weighted by atomic mass is 79.9. The van der Waals surface area contributed by atoms with Gasteiger partial charge in [-0.25, -0.2) is 0 Å². The van der Waals surface area contributed by atoms with Crippen LogP contribution < -0.4 is 0 Å². The summed E-state index contributed by atoms with van der Waals surface area (Å²) in [7, 11) is 0. The molecule has 1 aromatic carbocycles. The van der Waals surface area contributed by atoms with Crippen LogP contribution in [0.2, 0.25) is 5.02 Å². The zero-order valence-electron chi connectivity index (χ0n) is 7.24. The summed E-state index contributed by atoms with van der Waals surface area (Å²) in [6.07, 6.45) is 1.74. The normalized spacial score (nSPS) is 10.1. The number of benzene rings is 1. The minimum Gasteiger partial charge on any atom is -0.255 e. The topological polar surface area (TPSA) is 12.9 Å². The number of halogens is 2. The van der Waals surface area contributed by atoms with Gasteiger partial charge in [-0.3, -0.25) is 4.98 Å². The molecule has 0 fully saturated rings. The molecule has 0 N–H and O–H groups in total. The minimum absolute atomic E-state index is 0.672. The Morgan fingerprint density at radius 1 is 1.14 bits per heavy atom. The maximum Gasteiger partial charge on any atom is 0.0888 e. The second-order valence-electron chi connectivity index (χ2n) is 2.84. The number of nitrogens with zero attached hydrogens (tertiary/aromatic N) is 1. The first-order chi connectivity index (χ1) is 6.77. The van der Waals surface area contributed by atoms with Crippen molar-refractivity contribution in [3.8, 4) is 11.3 Å². The van der Waals surface area contributed by atoms with Gasteiger partial charge in [0.2, 0.25) is 0 Å². The fraction of sp³-hybridized carbons (Fsp3) is 0. The van der Waals surface area contributed by atoms with Crippen LogP contribution in [0.1, 0.15) is 0 Å². The molecule has 0 bridgehead atoms. The lowest BCUT2D eigenvalue weighted by Gasteiger charge is -2.02. The smallest absolute Gasteiger partial charge is 0.0888 e. The van der Waals surface area contributed by atoms with Crippen LogP contribution in [-0.2, 0) is 0 Å². The van der Waals surface area contributed by atoms with Gasteiger partial charge in [0.15, 0.2) is 0 Å². The molecule has 1 nitrogen and oxygen atoms in total. The quantitative estimate of drug-likeness (QED) is 0.756. The summed E-state index contributed by atoms with van der Waals surface area (Å²) >= 11 is 9.45. The third-order valence-electron chi connectivity index (χ3n) is 1.86. The molecule has 1 aromatic heterocycles. The number of pyridine rings is 1. The van der Waals surface area contributed by atoms with E-state index in [1.54, 1.807) is 6.20 Å². The Kier molecular flexibility index (Phi) is 2.85. The van der Waals surface area contributed by atoms with Crippen molar-refractivity contribution in [2.45, 2.75) is 0 Å². The van der Waals surface area contributed by atoms with Crippen LogP contribution in [0.25, 0.3) is 11.3 Å². The van der Waals surface area contributed by atoms with E-state index < -0.39 is 0 Å². The third kappa shape index (κ3) is 1.97. The summed E-state index contributed by atoms with van der Waals surface area (Å²) in [6, 6.07) is 11.6. The van der Waals surface area contributed by atoms with E-state index in [9.17, 15) is 0 Å². The second kappa shape index (κ2) is 4.11. The number of hydrogen-bond acceptors (Lipinski definition) is 1. The Bertz CT molecular complexity index is 457. The van der Waals surface area contributed by atoms with Gasteiger partial charge in [0.05, 0.1) is 10.7 Å². The predicted octanol–water partition coefficient (Wildman–Crippen LogP) is 4.16. The Balaban J connectivity index is 2.55. The molecule has 0 amide bonds. The molecule has 3 heteroatoms. The molecule has 14 heavy (non-hydrogen) atoms. The second-order valence-corrected chi connectivity index (χ2v) is 4.17. The van der Waals surface area contributed by atoms with Crippen molar-refractivity contribution >= 4 is 27.5 Å². The average molecular weight is 269 g/mol. The van der Waals surface area contributed by atoms with Crippen molar-refractivity contribution in [2.75, 3.05) is 0 Å². The molecular weight excluding hydrogens is 261 g/mol. The van der Waals surface area contributed by atoms with Crippen molar-refractivity contribution < 1.29 is 0 Å². The van der Waals surface area contributed by atoms with E-state index in [-0.39, 0.29) is 0 Å². The van der Waals surface area contributed by atoms with Crippen molar-refractivity contribution in [3.05, 3.63) is 52.1 Å². The highest BCUT2D eigenvalue weighted by Crippen LogP contribution is 2.26. The molecule has 0 aliphatic rings. The van der Waals surface area contributed by atoms with E-state index in [1.165, 1.54) is 0 Å². The molecule has 2 aromatic rings. The van der Waals surface area contributed by atoms with Gasteiger partial charge in [-0.2, -0.15) is 0 Å². The molecule has 0 radical (unpaired) electrons. The number of aromatic nitrogens is 1. The summed E-state index contributed by atoms with van der Waals surface area (Å²) in [4.78, 5) is 4.24. The van der Waals surface area contributed by atoms with E-state index in [0.29, 0.717) is 5.02 Å². The zero-order valence-corrected chi connectivity index (χ0v) is 9.59. The summed E-state index contributed by atoms with van der Waals surface area (Å²) in [5, 5.41) is 0.672. The van der Waals surface area contributed by atoms with Crippen LogP contribution in [0.5, 0.6) is 0 Å². The molecule has 1 heterocycles. The van der Waals surface area contributed by atoms with Gasteiger partial charge in [-0.15, -0.1) is 0 Å². The molecule has 2 rings (SSSR count). The maximum atomic E-state index is 6.03. The molecule has 0 atom stereocenters. The molecule has 70 valence electrons. The fourth-order valence-corrected chi connectivity index (χ4v) is 1.86. The first-order valence-electron chi connectivity index (χ1n) is 4.14. The molecular formula is C11H7BrClN. The van der Waals surface area contributed by atoms with E-state index in [1.807, 2.05) is 36.4 Å². The van der Waals surface area contributed by atoms with Crippen molar-refractivity contribution in [1.29, 1.82) is 0 Å². The third-order valence-corrected chi connectivity index (χ3v) is 2.65. The van der Waals surface area contributed by atoms with Crippen LogP contribution in [0.15, 0.2) is 47.1 Å². The Morgan fingerprint density at radius 2 is 2.00 bits per heavy atom. The van der Waals surface area contributed by atoms with Crippen LogP contribution >= 0.6 is 27.5 Å². The predicted molar refractivity (Wildman–Crippen MR) is 62.4 cm³/mol. The van der Waals surface area contributed by atoms with Gasteiger partial charge in [0, 0.05) is 16.2 Å². The summed E-state index contributed by atoms with van der Waals surface area (Å²) in [5.74, 6) is 0. The monoisotopic (exact) mass is 267 g/mol. The van der Waals surface area contributed by atoms with Crippen LogP contribution in [0.4, 0.5) is 0 Å². The van der Waals surface area contributed by atoms with Crippen LogP contribution in [-0.4, -0.2) is 4.98 Å². The van der Waals surface area contributed by atoms with E-state index in [0.717, 1.165) is 15.7 Å². The molecule has 0 aliphatic heterocycles. The minimum atomic E-state index is 0.672. The average Bonchev–Trinajstić information content (AvgIpc) is 2.18. The fourth-order valence-electron chi connectivity index (χ4n) is 1.23. The first kappa shape index (κ1) is 9.69. The van der Waals surface area contributed by atoms with Crippen molar-refractivity contribution in [2.24, 2.45) is 0 Å². The summed E-state index contributed by atoms with van der Waals surface area (Å²) in [6.45, 7) is 0. The highest BCUT2D eigenvalue weighted by molar-refractivity contribution is 9.10. The lowest BCUT2D eigenvalue weighted by Crippen LogP contribution is -1.83. The van der Waals surface area contributed by atoms with Crippen molar-refractivity contribution in [3.63, 3.8) is 0 Å². The van der Waals surface area contributed by atoms with Crippen LogP contribution in [0.3, 0.4) is 0 Å². The molecule has 0 saturated carbocycles. The number of rotatable bonds is 1. The Morgan fingerprint density at radius 3 is 2.71 bits per heavy atom. The Labute approximate surface area is 95.9 Å². The van der Waals surface area contributed by atoms with E-state index in [2.05, 4.69) is 20.9 Å². The zero-order chi connectivity index (χ0) is 9.97. The molecule has 0 saturated heterocycles. The maximum absolute atomic E-state index is 6.03. The van der Waals surface area contributed by atoms with Gasteiger partial charge >= 0.3 is 0 Å². The SMILES string of the molecule is Clc1cccnc1-c1cccc(Br)c1. The van der Waals surface area contributed by atoms with Crippen molar-refractivity contribution in [1.82, 2.24) is 4.98 Å². The van der Waals surface area contributed by atoms with E-state index in [4.69, 9.17) is 11.6 Å². The largest absolute Gasteiger partial charge is 0.255 e. The van der Waals surface area contributed by atoms with Gasteiger partial charge < -0.3 is 0 Å². The lowest BCUT2D eigenvalue weighted by molar-refractivity contribution is 1.32. The summed E-state index contributed by atoms with van der Waals surface area (Å²) < 4.78 is 1.02. The number of hydrogen-bond donors (Lipinski definition) is 0. The standard InChI is InChI=1S/C11H7BrClN/c12-9-4-1-3-8(7-9)11-10(13)5-2-6-14-11/h1-7H. The molecule has 0 unspecified atom stereocenters.